The molecule has 0 spiro atoms. The Morgan fingerprint density at radius 2 is 2.12 bits per heavy atom. The van der Waals surface area contributed by atoms with Crippen LogP contribution in [0.25, 0.3) is 0 Å². The highest BCUT2D eigenvalue weighted by Crippen LogP contribution is 2.23. The van der Waals surface area contributed by atoms with E-state index in [0.717, 1.165) is 22.7 Å². The van der Waals surface area contributed by atoms with Crippen molar-refractivity contribution >= 4 is 11.8 Å². The number of nitrogens with one attached hydrogen (secondary N) is 1. The molecule has 1 saturated heterocycles. The molecule has 0 saturated carbocycles. The summed E-state index contributed by atoms with van der Waals surface area (Å²) in [5.41, 5.74) is 2.96. The van der Waals surface area contributed by atoms with Gasteiger partial charge in [0.25, 0.3) is 0 Å². The molecular formula is C18H24N4O3. The first-order chi connectivity index (χ1) is 11.9. The van der Waals surface area contributed by atoms with Gasteiger partial charge in [-0.2, -0.15) is 5.10 Å². The van der Waals surface area contributed by atoms with Crippen LogP contribution in [-0.2, 0) is 29.7 Å². The van der Waals surface area contributed by atoms with E-state index in [1.807, 2.05) is 44.6 Å². The van der Waals surface area contributed by atoms with Gasteiger partial charge in [-0.1, -0.05) is 0 Å². The number of aromatic nitrogens is 2. The minimum absolute atomic E-state index is 0.0112. The van der Waals surface area contributed by atoms with Crippen molar-refractivity contribution in [2.24, 2.45) is 7.05 Å². The molecular weight excluding hydrogens is 320 g/mol. The fourth-order valence-corrected chi connectivity index (χ4v) is 3.31. The lowest BCUT2D eigenvalue weighted by Gasteiger charge is -2.23. The molecule has 2 amide bonds. The monoisotopic (exact) mass is 344 g/mol. The maximum Gasteiger partial charge on any atom is 0.243 e. The third-order valence-electron chi connectivity index (χ3n) is 4.85. The first kappa shape index (κ1) is 17.3. The van der Waals surface area contributed by atoms with Gasteiger partial charge in [-0.25, -0.2) is 0 Å². The van der Waals surface area contributed by atoms with Crippen molar-refractivity contribution in [3.63, 3.8) is 0 Å². The Bertz CT molecular complexity index is 805. The number of likely N-dealkylation sites (tertiary alicyclic amines) is 1. The summed E-state index contributed by atoms with van der Waals surface area (Å²) in [6.07, 6.45) is 0.929. The number of aryl methyl sites for hydroxylation is 3. The van der Waals surface area contributed by atoms with Crippen LogP contribution >= 0.6 is 0 Å². The molecule has 25 heavy (non-hydrogen) atoms. The van der Waals surface area contributed by atoms with Crippen molar-refractivity contribution in [1.82, 2.24) is 20.0 Å². The van der Waals surface area contributed by atoms with Crippen LogP contribution in [0.5, 0.6) is 0 Å². The van der Waals surface area contributed by atoms with Crippen molar-refractivity contribution in [1.29, 1.82) is 0 Å². The summed E-state index contributed by atoms with van der Waals surface area (Å²) in [4.78, 5) is 26.4. The molecule has 0 aliphatic carbocycles. The maximum atomic E-state index is 12.6. The Morgan fingerprint density at radius 1 is 1.36 bits per heavy atom. The molecule has 7 heteroatoms. The highest BCUT2D eigenvalue weighted by atomic mass is 16.3. The molecule has 1 aliphatic rings. The lowest BCUT2D eigenvalue weighted by atomic mass is 10.1. The molecule has 1 unspecified atom stereocenters. The maximum absolute atomic E-state index is 12.6. The molecule has 0 aromatic carbocycles. The summed E-state index contributed by atoms with van der Waals surface area (Å²) in [6, 6.07) is 3.26. The van der Waals surface area contributed by atoms with Crippen LogP contribution in [0.1, 0.15) is 41.3 Å². The number of carbonyl (C=O) groups is 2. The summed E-state index contributed by atoms with van der Waals surface area (Å²) < 4.78 is 7.36. The van der Waals surface area contributed by atoms with E-state index in [1.165, 1.54) is 0 Å². The van der Waals surface area contributed by atoms with Gasteiger partial charge in [-0.3, -0.25) is 14.3 Å². The number of nitrogens with zero attached hydrogens (tertiary/aromatic N) is 3. The van der Waals surface area contributed by atoms with Crippen molar-refractivity contribution in [3.05, 3.63) is 40.6 Å². The number of furan rings is 1. The predicted molar refractivity (Wildman–Crippen MR) is 91.5 cm³/mol. The molecule has 2 aromatic heterocycles. The summed E-state index contributed by atoms with van der Waals surface area (Å²) in [7, 11) is 1.89. The molecule has 0 bridgehead atoms. The summed E-state index contributed by atoms with van der Waals surface area (Å²) in [5, 5.41) is 7.32. The van der Waals surface area contributed by atoms with E-state index >= 15 is 0 Å². The van der Waals surface area contributed by atoms with Crippen LogP contribution in [0.3, 0.4) is 0 Å². The van der Waals surface area contributed by atoms with Crippen LogP contribution in [0.2, 0.25) is 0 Å². The summed E-state index contributed by atoms with van der Waals surface area (Å²) in [6.45, 7) is 6.52. The van der Waals surface area contributed by atoms with Gasteiger partial charge < -0.3 is 14.6 Å². The average molecular weight is 344 g/mol. The Morgan fingerprint density at radius 3 is 2.72 bits per heavy atom. The van der Waals surface area contributed by atoms with E-state index in [-0.39, 0.29) is 11.8 Å². The average Bonchev–Trinajstić information content (AvgIpc) is 3.20. The molecule has 1 fully saturated rings. The Labute approximate surface area is 147 Å². The van der Waals surface area contributed by atoms with Crippen molar-refractivity contribution in [3.8, 4) is 0 Å². The van der Waals surface area contributed by atoms with Gasteiger partial charge in [-0.05, 0) is 39.3 Å². The highest BCUT2D eigenvalue weighted by Gasteiger charge is 2.36. The smallest absolute Gasteiger partial charge is 0.243 e. The van der Waals surface area contributed by atoms with Crippen LogP contribution < -0.4 is 5.32 Å². The minimum Gasteiger partial charge on any atom is -0.464 e. The molecule has 2 aromatic rings. The molecule has 134 valence electrons. The second-order valence-corrected chi connectivity index (χ2v) is 6.58. The van der Waals surface area contributed by atoms with E-state index in [9.17, 15) is 9.59 Å². The predicted octanol–water partition coefficient (Wildman–Crippen LogP) is 1.75. The van der Waals surface area contributed by atoms with Gasteiger partial charge in [0.1, 0.15) is 17.6 Å². The molecule has 0 radical (unpaired) electrons. The highest BCUT2D eigenvalue weighted by molar-refractivity contribution is 5.90. The van der Waals surface area contributed by atoms with Gasteiger partial charge >= 0.3 is 0 Å². The third kappa shape index (κ3) is 3.45. The Kier molecular flexibility index (Phi) is 4.65. The fourth-order valence-electron chi connectivity index (χ4n) is 3.31. The van der Waals surface area contributed by atoms with E-state index in [2.05, 4.69) is 10.4 Å². The van der Waals surface area contributed by atoms with Crippen LogP contribution in [-0.4, -0.2) is 32.5 Å². The summed E-state index contributed by atoms with van der Waals surface area (Å²) in [5.74, 6) is 1.36. The Balaban J connectivity index is 1.66. The van der Waals surface area contributed by atoms with E-state index < -0.39 is 6.04 Å². The topological polar surface area (TPSA) is 80.4 Å². The van der Waals surface area contributed by atoms with Gasteiger partial charge in [-0.15, -0.1) is 0 Å². The van der Waals surface area contributed by atoms with Gasteiger partial charge in [0.15, 0.2) is 0 Å². The van der Waals surface area contributed by atoms with Crippen LogP contribution in [0.4, 0.5) is 0 Å². The number of hydrogen-bond acceptors (Lipinski definition) is 4. The largest absolute Gasteiger partial charge is 0.464 e. The van der Waals surface area contributed by atoms with Crippen molar-refractivity contribution in [2.45, 2.75) is 52.7 Å². The van der Waals surface area contributed by atoms with E-state index in [4.69, 9.17) is 4.42 Å². The number of rotatable bonds is 5. The Hall–Kier alpha value is -2.57. The number of hydrogen-bond donors (Lipinski definition) is 1. The minimum atomic E-state index is -0.449. The van der Waals surface area contributed by atoms with E-state index in [0.29, 0.717) is 31.7 Å². The van der Waals surface area contributed by atoms with E-state index in [1.54, 1.807) is 4.90 Å². The molecule has 1 N–H and O–H groups in total. The zero-order valence-corrected chi connectivity index (χ0v) is 15.1. The third-order valence-corrected chi connectivity index (χ3v) is 4.85. The quantitative estimate of drug-likeness (QED) is 0.896. The first-order valence-corrected chi connectivity index (χ1v) is 8.48. The standard InChI is InChI=1S/C18H24N4O3/c1-11-5-6-14(25-11)10-22-16(7-8-17(22)23)18(24)19-9-15-12(2)20-21(4)13(15)3/h5-6,16H,7-10H2,1-4H3,(H,19,24). The zero-order chi connectivity index (χ0) is 18.1. The molecule has 3 heterocycles. The molecule has 1 atom stereocenters. The van der Waals surface area contributed by atoms with Gasteiger partial charge in [0, 0.05) is 31.3 Å². The number of amides is 2. The number of carbonyl (C=O) groups excluding carboxylic acids is 2. The molecule has 3 rings (SSSR count). The lowest BCUT2D eigenvalue weighted by molar-refractivity contribution is -0.136. The van der Waals surface area contributed by atoms with Crippen molar-refractivity contribution in [2.75, 3.05) is 0 Å². The lowest BCUT2D eigenvalue weighted by Crippen LogP contribution is -2.44. The normalized spacial score (nSPS) is 17.4. The van der Waals surface area contributed by atoms with Gasteiger partial charge in [0.05, 0.1) is 12.2 Å². The van der Waals surface area contributed by atoms with Gasteiger partial charge in [0.2, 0.25) is 11.8 Å². The zero-order valence-electron chi connectivity index (χ0n) is 15.1. The van der Waals surface area contributed by atoms with Crippen LogP contribution in [0, 0.1) is 20.8 Å². The van der Waals surface area contributed by atoms with Crippen LogP contribution in [0.15, 0.2) is 16.5 Å². The SMILES string of the molecule is Cc1ccc(CN2C(=O)CCC2C(=O)NCc2c(C)nn(C)c2C)o1. The second-order valence-electron chi connectivity index (χ2n) is 6.58. The first-order valence-electron chi connectivity index (χ1n) is 8.48. The van der Waals surface area contributed by atoms with Crippen molar-refractivity contribution < 1.29 is 14.0 Å². The molecule has 7 nitrogen and oxygen atoms in total. The molecule has 1 aliphatic heterocycles. The fraction of sp³-hybridized carbons (Fsp3) is 0.500. The summed E-state index contributed by atoms with van der Waals surface area (Å²) >= 11 is 0. The second kappa shape index (κ2) is 6.74.